The Bertz CT molecular complexity index is 353. The van der Waals surface area contributed by atoms with E-state index >= 15 is 0 Å². The van der Waals surface area contributed by atoms with Crippen molar-refractivity contribution >= 4 is 11.5 Å². The van der Waals surface area contributed by atoms with Crippen LogP contribution in [-0.4, -0.2) is 11.0 Å². The van der Waals surface area contributed by atoms with E-state index in [9.17, 15) is 0 Å². The highest BCUT2D eigenvalue weighted by Crippen LogP contribution is 2.28. The van der Waals surface area contributed by atoms with Crippen molar-refractivity contribution in [1.29, 1.82) is 0 Å². The Labute approximate surface area is 103 Å². The van der Waals surface area contributed by atoms with E-state index in [1.807, 2.05) is 12.1 Å². The molecule has 0 saturated heterocycles. The van der Waals surface area contributed by atoms with E-state index < -0.39 is 0 Å². The number of anilines is 2. The van der Waals surface area contributed by atoms with Gasteiger partial charge in [0, 0.05) is 24.0 Å². The number of rotatable bonds is 4. The largest absolute Gasteiger partial charge is 0.382 e. The Hall–Kier alpha value is -1.29. The van der Waals surface area contributed by atoms with Gasteiger partial charge in [-0.05, 0) is 24.8 Å². The second-order valence-electron chi connectivity index (χ2n) is 4.86. The molecule has 94 valence electrons. The quantitative estimate of drug-likeness (QED) is 0.553. The lowest BCUT2D eigenvalue weighted by Gasteiger charge is -2.29. The number of hydrogen-bond acceptors (Lipinski definition) is 4. The van der Waals surface area contributed by atoms with Crippen molar-refractivity contribution in [2.45, 2.75) is 45.1 Å². The van der Waals surface area contributed by atoms with Crippen LogP contribution in [0.4, 0.5) is 11.5 Å². The SMILES string of the molecule is CCC1CCCC(Nc2ccnc(NN)c2)C1. The van der Waals surface area contributed by atoms with Crippen LogP contribution >= 0.6 is 0 Å². The molecule has 1 aliphatic rings. The van der Waals surface area contributed by atoms with Crippen molar-refractivity contribution in [1.82, 2.24) is 4.98 Å². The number of aromatic nitrogens is 1. The monoisotopic (exact) mass is 234 g/mol. The molecule has 2 atom stereocenters. The first-order valence-corrected chi connectivity index (χ1v) is 6.51. The molecule has 1 aromatic rings. The highest BCUT2D eigenvalue weighted by Gasteiger charge is 2.20. The highest BCUT2D eigenvalue weighted by atomic mass is 15.2. The third kappa shape index (κ3) is 3.33. The van der Waals surface area contributed by atoms with Gasteiger partial charge in [0.25, 0.3) is 0 Å². The maximum atomic E-state index is 5.36. The van der Waals surface area contributed by atoms with Crippen molar-refractivity contribution in [2.24, 2.45) is 11.8 Å². The summed E-state index contributed by atoms with van der Waals surface area (Å²) in [6.45, 7) is 2.29. The number of nitrogens with one attached hydrogen (secondary N) is 2. The van der Waals surface area contributed by atoms with Crippen LogP contribution in [0.3, 0.4) is 0 Å². The summed E-state index contributed by atoms with van der Waals surface area (Å²) in [5.41, 5.74) is 3.68. The Balaban J connectivity index is 1.95. The lowest BCUT2D eigenvalue weighted by atomic mass is 9.84. The fourth-order valence-corrected chi connectivity index (χ4v) is 2.63. The molecule has 4 nitrogen and oxygen atoms in total. The summed E-state index contributed by atoms with van der Waals surface area (Å²) >= 11 is 0. The first-order chi connectivity index (χ1) is 8.31. The van der Waals surface area contributed by atoms with Gasteiger partial charge in [-0.3, -0.25) is 0 Å². The molecule has 17 heavy (non-hydrogen) atoms. The van der Waals surface area contributed by atoms with E-state index in [-0.39, 0.29) is 0 Å². The summed E-state index contributed by atoms with van der Waals surface area (Å²) in [6, 6.07) is 4.55. The van der Waals surface area contributed by atoms with E-state index in [4.69, 9.17) is 5.84 Å². The molecular weight excluding hydrogens is 212 g/mol. The van der Waals surface area contributed by atoms with Crippen LogP contribution in [0, 0.1) is 5.92 Å². The van der Waals surface area contributed by atoms with Crippen LogP contribution < -0.4 is 16.6 Å². The second-order valence-corrected chi connectivity index (χ2v) is 4.86. The predicted molar refractivity (Wildman–Crippen MR) is 71.7 cm³/mol. The summed E-state index contributed by atoms with van der Waals surface area (Å²) < 4.78 is 0. The zero-order chi connectivity index (χ0) is 12.1. The van der Waals surface area contributed by atoms with Gasteiger partial charge in [-0.2, -0.15) is 0 Å². The summed E-state index contributed by atoms with van der Waals surface area (Å²) in [5, 5.41) is 3.58. The molecule has 0 aromatic carbocycles. The molecule has 1 aromatic heterocycles. The molecule has 0 amide bonds. The number of hydrogen-bond donors (Lipinski definition) is 3. The van der Waals surface area contributed by atoms with E-state index in [1.54, 1.807) is 6.20 Å². The fourth-order valence-electron chi connectivity index (χ4n) is 2.63. The minimum atomic E-state index is 0.599. The molecule has 0 aliphatic heterocycles. The lowest BCUT2D eigenvalue weighted by Crippen LogP contribution is -2.27. The number of nitrogens with two attached hydrogens (primary N) is 1. The van der Waals surface area contributed by atoms with E-state index in [2.05, 4.69) is 22.7 Å². The van der Waals surface area contributed by atoms with Crippen LogP contribution in [0.25, 0.3) is 0 Å². The average molecular weight is 234 g/mol. The number of pyridine rings is 1. The van der Waals surface area contributed by atoms with Gasteiger partial charge in [0.1, 0.15) is 5.82 Å². The molecular formula is C13H22N4. The summed E-state index contributed by atoms with van der Waals surface area (Å²) in [6.07, 6.45) is 8.35. The molecule has 4 N–H and O–H groups in total. The summed E-state index contributed by atoms with van der Waals surface area (Å²) in [4.78, 5) is 4.11. The maximum absolute atomic E-state index is 5.36. The summed E-state index contributed by atoms with van der Waals surface area (Å²) in [5.74, 6) is 6.95. The van der Waals surface area contributed by atoms with Gasteiger partial charge in [-0.1, -0.05) is 26.2 Å². The standard InChI is InChI=1S/C13H22N4/c1-2-10-4-3-5-11(8-10)16-12-6-7-15-13(9-12)17-14/h6-7,9-11H,2-5,8,14H2,1H3,(H2,15,16,17). The lowest BCUT2D eigenvalue weighted by molar-refractivity contribution is 0.327. The minimum Gasteiger partial charge on any atom is -0.382 e. The number of nitrogens with zero attached hydrogens (tertiary/aromatic N) is 1. The molecule has 0 bridgehead atoms. The van der Waals surface area contributed by atoms with Crippen molar-refractivity contribution in [2.75, 3.05) is 10.7 Å². The van der Waals surface area contributed by atoms with Crippen LogP contribution in [0.5, 0.6) is 0 Å². The number of hydrazine groups is 1. The van der Waals surface area contributed by atoms with Gasteiger partial charge in [-0.25, -0.2) is 10.8 Å². The van der Waals surface area contributed by atoms with Gasteiger partial charge >= 0.3 is 0 Å². The molecule has 1 saturated carbocycles. The Kier molecular flexibility index (Phi) is 4.20. The molecule has 4 heteroatoms. The first kappa shape index (κ1) is 12.2. The van der Waals surface area contributed by atoms with Crippen molar-refractivity contribution in [3.05, 3.63) is 18.3 Å². The van der Waals surface area contributed by atoms with Gasteiger partial charge < -0.3 is 10.7 Å². The van der Waals surface area contributed by atoms with Gasteiger partial charge in [-0.15, -0.1) is 0 Å². The highest BCUT2D eigenvalue weighted by molar-refractivity contribution is 5.51. The third-order valence-electron chi connectivity index (χ3n) is 3.64. The second kappa shape index (κ2) is 5.87. The molecule has 1 fully saturated rings. The average Bonchev–Trinajstić information content (AvgIpc) is 2.39. The van der Waals surface area contributed by atoms with Crippen molar-refractivity contribution < 1.29 is 0 Å². The van der Waals surface area contributed by atoms with Crippen LogP contribution in [-0.2, 0) is 0 Å². The third-order valence-corrected chi connectivity index (χ3v) is 3.64. The normalized spacial score (nSPS) is 24.4. The summed E-state index contributed by atoms with van der Waals surface area (Å²) in [7, 11) is 0. The van der Waals surface area contributed by atoms with E-state index in [1.165, 1.54) is 32.1 Å². The predicted octanol–water partition coefficient (Wildman–Crippen LogP) is 2.75. The topological polar surface area (TPSA) is 63.0 Å². The molecule has 1 aliphatic carbocycles. The Morgan fingerprint density at radius 3 is 3.12 bits per heavy atom. The van der Waals surface area contributed by atoms with Crippen LogP contribution in [0.2, 0.25) is 0 Å². The minimum absolute atomic E-state index is 0.599. The zero-order valence-corrected chi connectivity index (χ0v) is 10.4. The van der Waals surface area contributed by atoms with Crippen LogP contribution in [0.1, 0.15) is 39.0 Å². The zero-order valence-electron chi connectivity index (χ0n) is 10.4. The van der Waals surface area contributed by atoms with Crippen molar-refractivity contribution in [3.8, 4) is 0 Å². The first-order valence-electron chi connectivity index (χ1n) is 6.51. The Morgan fingerprint density at radius 1 is 1.47 bits per heavy atom. The molecule has 1 heterocycles. The van der Waals surface area contributed by atoms with Gasteiger partial charge in [0.15, 0.2) is 0 Å². The molecule has 0 radical (unpaired) electrons. The smallest absolute Gasteiger partial charge is 0.141 e. The van der Waals surface area contributed by atoms with Crippen molar-refractivity contribution in [3.63, 3.8) is 0 Å². The van der Waals surface area contributed by atoms with Gasteiger partial charge in [0.2, 0.25) is 0 Å². The Morgan fingerprint density at radius 2 is 2.35 bits per heavy atom. The maximum Gasteiger partial charge on any atom is 0.141 e. The molecule has 0 spiro atoms. The molecule has 2 unspecified atom stereocenters. The van der Waals surface area contributed by atoms with E-state index in [0.717, 1.165) is 11.6 Å². The number of nitrogen functional groups attached to an aromatic ring is 1. The van der Waals surface area contributed by atoms with Crippen LogP contribution in [0.15, 0.2) is 18.3 Å². The fraction of sp³-hybridized carbons (Fsp3) is 0.615. The molecule has 2 rings (SSSR count). The van der Waals surface area contributed by atoms with E-state index in [0.29, 0.717) is 11.9 Å². The van der Waals surface area contributed by atoms with Gasteiger partial charge in [0.05, 0.1) is 0 Å².